The Morgan fingerprint density at radius 2 is 1.32 bits per heavy atom. The molecule has 40 heavy (non-hydrogen) atoms. The first-order valence-electron chi connectivity index (χ1n) is 13.6. The minimum Gasteiger partial charge on any atom is -0.445 e. The fourth-order valence-corrected chi connectivity index (χ4v) is 4.60. The zero-order chi connectivity index (χ0) is 28.7. The summed E-state index contributed by atoms with van der Waals surface area (Å²) in [6, 6.07) is 19.1. The Kier molecular flexibility index (Phi) is 12.4. The predicted octanol–water partition coefficient (Wildman–Crippen LogP) is 4.29. The van der Waals surface area contributed by atoms with E-state index >= 15 is 0 Å². The lowest BCUT2D eigenvalue weighted by Crippen LogP contribution is -2.45. The van der Waals surface area contributed by atoms with Crippen LogP contribution in [0.5, 0.6) is 0 Å². The molecule has 2 heterocycles. The Bertz CT molecular complexity index is 1080. The lowest BCUT2D eigenvalue weighted by Gasteiger charge is -2.32. The fraction of sp³-hybridized carbons (Fsp3) is 0.467. The molecule has 2 fully saturated rings. The molecule has 0 spiro atoms. The van der Waals surface area contributed by atoms with Crippen LogP contribution in [-0.4, -0.2) is 79.6 Å². The van der Waals surface area contributed by atoms with Crippen molar-refractivity contribution >= 4 is 24.4 Å². The molecule has 4 rings (SSSR count). The number of ether oxygens (including phenoxy) is 2. The van der Waals surface area contributed by atoms with E-state index in [1.807, 2.05) is 60.7 Å². The normalized spacial score (nSPS) is 18.6. The number of piperidine rings is 2. The van der Waals surface area contributed by atoms with E-state index in [2.05, 4.69) is 0 Å². The quantitative estimate of drug-likeness (QED) is 0.372. The van der Waals surface area contributed by atoms with Gasteiger partial charge in [-0.1, -0.05) is 60.7 Å². The first-order valence-corrected chi connectivity index (χ1v) is 13.6. The number of carbonyl (C=O) groups excluding carboxylic acids is 4. The highest BCUT2D eigenvalue weighted by molar-refractivity contribution is 5.79. The van der Waals surface area contributed by atoms with Crippen molar-refractivity contribution in [3.63, 3.8) is 0 Å². The van der Waals surface area contributed by atoms with Crippen molar-refractivity contribution in [2.45, 2.75) is 38.9 Å². The zero-order valence-electron chi connectivity index (χ0n) is 23.3. The number of nitrogens with zero attached hydrogens (tertiary/aromatic N) is 3. The molecule has 10 nitrogen and oxygen atoms in total. The average Bonchev–Trinajstić information content (AvgIpc) is 3.03. The summed E-state index contributed by atoms with van der Waals surface area (Å²) in [6.45, 7) is 2.68. The Balaban J connectivity index is 0.000000225. The number of hydroxylamine groups is 2. The SMILES string of the molecule is CON(C)C(=O)C1CCCN(C(=O)OCc2ccccc2)C1.O=CC1CCCN(C(=O)OCc2ccccc2)C1. The Morgan fingerprint density at radius 1 is 0.825 bits per heavy atom. The lowest BCUT2D eigenvalue weighted by atomic mass is 9.97. The summed E-state index contributed by atoms with van der Waals surface area (Å²) < 4.78 is 10.5. The third-order valence-corrected chi connectivity index (χ3v) is 6.93. The highest BCUT2D eigenvalue weighted by Gasteiger charge is 2.31. The molecule has 2 aromatic carbocycles. The van der Waals surface area contributed by atoms with Crippen LogP contribution in [0.15, 0.2) is 60.7 Å². The van der Waals surface area contributed by atoms with Crippen molar-refractivity contribution in [1.29, 1.82) is 0 Å². The van der Waals surface area contributed by atoms with E-state index in [1.54, 1.807) is 16.8 Å². The van der Waals surface area contributed by atoms with Crippen LogP contribution in [0.2, 0.25) is 0 Å². The van der Waals surface area contributed by atoms with Crippen LogP contribution in [-0.2, 0) is 37.1 Å². The Labute approximate surface area is 235 Å². The molecule has 2 aromatic rings. The van der Waals surface area contributed by atoms with E-state index in [1.165, 1.54) is 12.2 Å². The molecule has 2 saturated heterocycles. The maximum Gasteiger partial charge on any atom is 0.410 e. The third kappa shape index (κ3) is 9.68. The smallest absolute Gasteiger partial charge is 0.410 e. The Hall–Kier alpha value is -3.92. The largest absolute Gasteiger partial charge is 0.445 e. The van der Waals surface area contributed by atoms with Gasteiger partial charge in [0.2, 0.25) is 0 Å². The van der Waals surface area contributed by atoms with E-state index in [4.69, 9.17) is 14.3 Å². The number of likely N-dealkylation sites (tertiary alicyclic amines) is 2. The van der Waals surface area contributed by atoms with Crippen molar-refractivity contribution < 1.29 is 33.5 Å². The van der Waals surface area contributed by atoms with Crippen LogP contribution < -0.4 is 0 Å². The summed E-state index contributed by atoms with van der Waals surface area (Å²) in [7, 11) is 3.03. The van der Waals surface area contributed by atoms with Gasteiger partial charge in [-0.3, -0.25) is 9.63 Å². The minimum atomic E-state index is -0.374. The number of aldehydes is 1. The molecular formula is C30H39N3O7. The van der Waals surface area contributed by atoms with Gasteiger partial charge in [0, 0.05) is 39.1 Å². The van der Waals surface area contributed by atoms with E-state index in [0.29, 0.717) is 26.2 Å². The van der Waals surface area contributed by atoms with E-state index < -0.39 is 0 Å². The summed E-state index contributed by atoms with van der Waals surface area (Å²) in [6.07, 6.45) is 3.50. The topological polar surface area (TPSA) is 106 Å². The van der Waals surface area contributed by atoms with Crippen molar-refractivity contribution in [1.82, 2.24) is 14.9 Å². The molecular weight excluding hydrogens is 514 g/mol. The van der Waals surface area contributed by atoms with Gasteiger partial charge in [-0.15, -0.1) is 0 Å². The number of carbonyl (C=O) groups is 4. The highest BCUT2D eigenvalue weighted by Crippen LogP contribution is 2.20. The second-order valence-corrected chi connectivity index (χ2v) is 9.87. The molecule has 0 N–H and O–H groups in total. The van der Waals surface area contributed by atoms with Gasteiger partial charge in [0.1, 0.15) is 19.5 Å². The summed E-state index contributed by atoms with van der Waals surface area (Å²) in [5.74, 6) is -0.381. The van der Waals surface area contributed by atoms with Crippen molar-refractivity contribution in [3.05, 3.63) is 71.8 Å². The number of amides is 3. The molecule has 0 radical (unpaired) electrons. The van der Waals surface area contributed by atoms with Gasteiger partial charge in [-0.2, -0.15) is 0 Å². The monoisotopic (exact) mass is 553 g/mol. The first-order chi connectivity index (χ1) is 19.4. The van der Waals surface area contributed by atoms with E-state index in [-0.39, 0.29) is 43.1 Å². The van der Waals surface area contributed by atoms with Gasteiger partial charge >= 0.3 is 12.2 Å². The number of benzene rings is 2. The molecule has 2 aliphatic rings. The first kappa shape index (κ1) is 30.6. The molecule has 2 unspecified atom stereocenters. The lowest BCUT2D eigenvalue weighted by molar-refractivity contribution is -0.174. The van der Waals surface area contributed by atoms with Crippen LogP contribution >= 0.6 is 0 Å². The second-order valence-electron chi connectivity index (χ2n) is 9.87. The van der Waals surface area contributed by atoms with Crippen molar-refractivity contribution in [2.75, 3.05) is 40.3 Å². The molecule has 0 bridgehead atoms. The van der Waals surface area contributed by atoms with Crippen LogP contribution in [0.4, 0.5) is 9.59 Å². The molecule has 0 aliphatic carbocycles. The van der Waals surface area contributed by atoms with Crippen LogP contribution in [0.1, 0.15) is 36.8 Å². The van der Waals surface area contributed by atoms with Gasteiger partial charge in [0.25, 0.3) is 5.91 Å². The van der Waals surface area contributed by atoms with Crippen LogP contribution in [0.25, 0.3) is 0 Å². The molecule has 0 saturated carbocycles. The molecule has 3 amide bonds. The third-order valence-electron chi connectivity index (χ3n) is 6.93. The standard InChI is InChI=1S/C16H22N2O4.C14H17NO3/c1-17(21-2)15(19)14-9-6-10-18(11-14)16(20)22-12-13-7-4-3-5-8-13;16-10-13-7-4-8-15(9-13)14(17)18-11-12-5-2-1-3-6-12/h3-5,7-8,14H,6,9-12H2,1-2H3;1-3,5-6,10,13H,4,7-9,11H2. The van der Waals surface area contributed by atoms with Crippen molar-refractivity contribution in [2.24, 2.45) is 11.8 Å². The number of rotatable bonds is 7. The maximum absolute atomic E-state index is 12.1. The van der Waals surface area contributed by atoms with Gasteiger partial charge < -0.3 is 24.1 Å². The summed E-state index contributed by atoms with van der Waals surface area (Å²) in [4.78, 5) is 54.9. The van der Waals surface area contributed by atoms with Gasteiger partial charge in [0.15, 0.2) is 0 Å². The molecule has 0 aromatic heterocycles. The Morgan fingerprint density at radius 3 is 1.82 bits per heavy atom. The number of hydrogen-bond donors (Lipinski definition) is 0. The van der Waals surface area contributed by atoms with E-state index in [0.717, 1.165) is 43.1 Å². The average molecular weight is 554 g/mol. The molecule has 2 atom stereocenters. The fourth-order valence-electron chi connectivity index (χ4n) is 4.60. The van der Waals surface area contributed by atoms with Crippen molar-refractivity contribution in [3.8, 4) is 0 Å². The molecule has 2 aliphatic heterocycles. The number of hydrogen-bond acceptors (Lipinski definition) is 7. The summed E-state index contributed by atoms with van der Waals surface area (Å²) in [5.41, 5.74) is 1.91. The molecule has 10 heteroatoms. The van der Waals surface area contributed by atoms with Gasteiger partial charge in [-0.25, -0.2) is 14.7 Å². The van der Waals surface area contributed by atoms with Crippen LogP contribution in [0.3, 0.4) is 0 Å². The predicted molar refractivity (Wildman–Crippen MR) is 148 cm³/mol. The highest BCUT2D eigenvalue weighted by atomic mass is 16.7. The molecule has 216 valence electrons. The second kappa shape index (κ2) is 16.2. The van der Waals surface area contributed by atoms with Crippen LogP contribution in [0, 0.1) is 11.8 Å². The maximum atomic E-state index is 12.1. The summed E-state index contributed by atoms with van der Waals surface area (Å²) in [5, 5.41) is 1.21. The van der Waals surface area contributed by atoms with Gasteiger partial charge in [-0.05, 0) is 36.8 Å². The summed E-state index contributed by atoms with van der Waals surface area (Å²) >= 11 is 0. The van der Waals surface area contributed by atoms with Gasteiger partial charge in [0.05, 0.1) is 13.0 Å². The van der Waals surface area contributed by atoms with E-state index in [9.17, 15) is 19.2 Å². The zero-order valence-corrected chi connectivity index (χ0v) is 23.3. The minimum absolute atomic E-state index is 0.0389.